The van der Waals surface area contributed by atoms with Crippen molar-refractivity contribution in [1.82, 2.24) is 0 Å². The molecule has 0 bridgehead atoms. The minimum atomic E-state index is -1.81. The SMILES string of the molecule is CC(C1CCC(=O)CC1)[Si](C)(C)O[Si](C)(C)C(C)C1CCC(=O)CC1. The molecule has 2 aliphatic carbocycles. The van der Waals surface area contributed by atoms with Crippen LogP contribution in [0.2, 0.25) is 37.3 Å². The van der Waals surface area contributed by atoms with Gasteiger partial charge in [0.05, 0.1) is 0 Å². The topological polar surface area (TPSA) is 43.4 Å². The van der Waals surface area contributed by atoms with Gasteiger partial charge in [0.2, 0.25) is 0 Å². The molecular weight excluding hydrogens is 344 g/mol. The van der Waals surface area contributed by atoms with Crippen molar-refractivity contribution in [3.05, 3.63) is 0 Å². The molecule has 25 heavy (non-hydrogen) atoms. The van der Waals surface area contributed by atoms with Crippen LogP contribution in [0.5, 0.6) is 0 Å². The monoisotopic (exact) mass is 382 g/mol. The molecule has 0 aromatic heterocycles. The van der Waals surface area contributed by atoms with E-state index in [0.717, 1.165) is 51.4 Å². The van der Waals surface area contributed by atoms with Crippen molar-refractivity contribution in [1.29, 1.82) is 0 Å². The van der Waals surface area contributed by atoms with Crippen molar-refractivity contribution in [2.24, 2.45) is 11.8 Å². The fraction of sp³-hybridized carbons (Fsp3) is 0.900. The molecule has 0 amide bonds. The van der Waals surface area contributed by atoms with Gasteiger partial charge in [0.15, 0.2) is 16.6 Å². The van der Waals surface area contributed by atoms with Crippen LogP contribution in [0.4, 0.5) is 0 Å². The van der Waals surface area contributed by atoms with E-state index in [1.807, 2.05) is 0 Å². The van der Waals surface area contributed by atoms with Gasteiger partial charge < -0.3 is 4.12 Å². The van der Waals surface area contributed by atoms with Crippen LogP contribution in [0, 0.1) is 11.8 Å². The lowest BCUT2D eigenvalue weighted by Gasteiger charge is -2.45. The van der Waals surface area contributed by atoms with Crippen molar-refractivity contribution < 1.29 is 13.7 Å². The quantitative estimate of drug-likeness (QED) is 0.552. The molecule has 0 radical (unpaired) electrons. The number of Topliss-reactive ketones (excluding diaryl/α,β-unsaturated/α-hetero) is 2. The van der Waals surface area contributed by atoms with E-state index in [2.05, 4.69) is 40.0 Å². The molecule has 2 saturated carbocycles. The molecule has 2 unspecified atom stereocenters. The zero-order valence-corrected chi connectivity index (χ0v) is 19.2. The highest BCUT2D eigenvalue weighted by atomic mass is 28.4. The average molecular weight is 383 g/mol. The first-order valence-electron chi connectivity index (χ1n) is 10.3. The van der Waals surface area contributed by atoms with Crippen LogP contribution in [0.25, 0.3) is 0 Å². The Morgan fingerprint density at radius 1 is 0.720 bits per heavy atom. The standard InChI is InChI=1S/C20H38O3Si2/c1-15(17-7-11-19(21)12-8-17)24(3,4)23-25(5,6)16(2)18-9-13-20(22)14-10-18/h15-18H,7-14H2,1-6H3. The molecule has 2 rings (SSSR count). The summed E-state index contributed by atoms with van der Waals surface area (Å²) in [4.78, 5) is 23.1. The van der Waals surface area contributed by atoms with Crippen LogP contribution in [-0.2, 0) is 13.7 Å². The third-order valence-corrected chi connectivity index (χ3v) is 16.8. The molecule has 2 atom stereocenters. The van der Waals surface area contributed by atoms with Gasteiger partial charge >= 0.3 is 0 Å². The van der Waals surface area contributed by atoms with Crippen molar-refractivity contribution in [2.45, 2.75) is 102 Å². The van der Waals surface area contributed by atoms with Crippen LogP contribution in [0.3, 0.4) is 0 Å². The molecule has 0 spiro atoms. The summed E-state index contributed by atoms with van der Waals surface area (Å²) in [6, 6.07) is 0. The summed E-state index contributed by atoms with van der Waals surface area (Å²) in [5.74, 6) is 2.21. The molecule has 0 aromatic carbocycles. The maximum absolute atomic E-state index is 11.6. The average Bonchev–Trinajstić information content (AvgIpc) is 2.54. The predicted octanol–water partition coefficient (Wildman–Crippen LogP) is 5.71. The number of ketones is 2. The first kappa shape index (κ1) is 21.0. The normalized spacial score (nSPS) is 24.4. The van der Waals surface area contributed by atoms with E-state index in [1.54, 1.807) is 0 Å². The molecule has 0 aliphatic heterocycles. The maximum Gasteiger partial charge on any atom is 0.176 e. The highest BCUT2D eigenvalue weighted by molar-refractivity contribution is 6.86. The number of hydrogen-bond donors (Lipinski definition) is 0. The van der Waals surface area contributed by atoms with Crippen LogP contribution >= 0.6 is 0 Å². The molecule has 0 heterocycles. The Bertz CT molecular complexity index is 437. The van der Waals surface area contributed by atoms with Gasteiger partial charge in [0.1, 0.15) is 11.6 Å². The summed E-state index contributed by atoms with van der Waals surface area (Å²) >= 11 is 0. The van der Waals surface area contributed by atoms with E-state index in [9.17, 15) is 9.59 Å². The Balaban J connectivity index is 1.98. The Kier molecular flexibility index (Phi) is 6.88. The Morgan fingerprint density at radius 2 is 1.00 bits per heavy atom. The number of carbonyl (C=O) groups is 2. The van der Waals surface area contributed by atoms with Gasteiger partial charge in [-0.2, -0.15) is 0 Å². The lowest BCUT2D eigenvalue weighted by atomic mass is 9.86. The second-order valence-corrected chi connectivity index (χ2v) is 18.7. The Morgan fingerprint density at radius 3 is 1.28 bits per heavy atom. The molecule has 2 fully saturated rings. The molecule has 0 saturated heterocycles. The minimum absolute atomic E-state index is 0.444. The van der Waals surface area contributed by atoms with Gasteiger partial charge in [-0.15, -0.1) is 0 Å². The molecule has 2 aliphatic rings. The fourth-order valence-electron chi connectivity index (χ4n) is 4.92. The number of carbonyl (C=O) groups excluding carboxylic acids is 2. The maximum atomic E-state index is 11.6. The summed E-state index contributed by atoms with van der Waals surface area (Å²) in [5.41, 5.74) is 1.21. The van der Waals surface area contributed by atoms with Gasteiger partial charge in [-0.3, -0.25) is 9.59 Å². The van der Waals surface area contributed by atoms with Gasteiger partial charge in [-0.1, -0.05) is 13.8 Å². The third kappa shape index (κ3) is 5.36. The van der Waals surface area contributed by atoms with E-state index in [1.165, 1.54) is 0 Å². The minimum Gasteiger partial charge on any atom is -0.455 e. The molecule has 144 valence electrons. The molecule has 5 heteroatoms. The van der Waals surface area contributed by atoms with Gasteiger partial charge in [0.25, 0.3) is 0 Å². The Hall–Kier alpha value is -0.266. The largest absolute Gasteiger partial charge is 0.455 e. The van der Waals surface area contributed by atoms with Crippen LogP contribution in [0.1, 0.15) is 65.2 Å². The molecular formula is C20H38O3Si2. The first-order chi connectivity index (χ1) is 11.5. The lowest BCUT2D eigenvalue weighted by Crippen LogP contribution is -2.51. The van der Waals surface area contributed by atoms with E-state index in [0.29, 0.717) is 34.5 Å². The van der Waals surface area contributed by atoms with Crippen LogP contribution in [-0.4, -0.2) is 28.2 Å². The summed E-state index contributed by atoms with van der Waals surface area (Å²) in [6.45, 7) is 14.3. The third-order valence-electron chi connectivity index (χ3n) is 7.31. The number of rotatable bonds is 6. The van der Waals surface area contributed by atoms with Crippen LogP contribution < -0.4 is 0 Å². The molecule has 3 nitrogen and oxygen atoms in total. The van der Waals surface area contributed by atoms with Crippen molar-refractivity contribution in [3.8, 4) is 0 Å². The highest BCUT2D eigenvalue weighted by Crippen LogP contribution is 2.44. The van der Waals surface area contributed by atoms with E-state index >= 15 is 0 Å². The van der Waals surface area contributed by atoms with Crippen LogP contribution in [0.15, 0.2) is 0 Å². The molecule has 0 N–H and O–H groups in total. The zero-order valence-electron chi connectivity index (χ0n) is 17.2. The lowest BCUT2D eigenvalue weighted by molar-refractivity contribution is -0.121. The highest BCUT2D eigenvalue weighted by Gasteiger charge is 2.45. The van der Waals surface area contributed by atoms with Crippen molar-refractivity contribution in [2.75, 3.05) is 0 Å². The summed E-state index contributed by atoms with van der Waals surface area (Å²) in [6.07, 6.45) is 7.31. The summed E-state index contributed by atoms with van der Waals surface area (Å²) < 4.78 is 7.02. The van der Waals surface area contributed by atoms with E-state index in [-0.39, 0.29) is 0 Å². The fourth-order valence-corrected chi connectivity index (χ4v) is 14.8. The summed E-state index contributed by atoms with van der Waals surface area (Å²) in [7, 11) is -3.62. The first-order valence-corrected chi connectivity index (χ1v) is 16.2. The van der Waals surface area contributed by atoms with E-state index < -0.39 is 16.6 Å². The van der Waals surface area contributed by atoms with Gasteiger partial charge in [-0.05, 0) is 74.8 Å². The Labute approximate surface area is 156 Å². The van der Waals surface area contributed by atoms with Gasteiger partial charge in [0, 0.05) is 25.7 Å². The second-order valence-electron chi connectivity index (χ2n) is 9.64. The van der Waals surface area contributed by atoms with Crippen molar-refractivity contribution in [3.63, 3.8) is 0 Å². The van der Waals surface area contributed by atoms with Crippen molar-refractivity contribution >= 4 is 28.2 Å². The smallest absolute Gasteiger partial charge is 0.176 e. The predicted molar refractivity (Wildman–Crippen MR) is 109 cm³/mol. The zero-order chi connectivity index (χ0) is 18.8. The van der Waals surface area contributed by atoms with Gasteiger partial charge in [-0.25, -0.2) is 0 Å². The molecule has 0 aromatic rings. The van der Waals surface area contributed by atoms with E-state index in [4.69, 9.17) is 4.12 Å². The number of hydrogen-bond acceptors (Lipinski definition) is 3. The second kappa shape index (κ2) is 8.18. The summed E-state index contributed by atoms with van der Waals surface area (Å²) in [5, 5.41) is 0.